The average molecular weight is 431 g/mol. The molecule has 1 aromatic carbocycles. The third kappa shape index (κ3) is 5.15. The largest absolute Gasteiger partial charge is 0.492 e. The van der Waals surface area contributed by atoms with E-state index < -0.39 is 17.7 Å². The number of benzene rings is 1. The molecule has 2 aliphatic heterocycles. The number of anilines is 1. The maximum Gasteiger partial charge on any atom is 0.312 e. The van der Waals surface area contributed by atoms with Crippen LogP contribution in [0.15, 0.2) is 24.3 Å². The van der Waals surface area contributed by atoms with Crippen LogP contribution in [0.4, 0.5) is 5.69 Å². The van der Waals surface area contributed by atoms with Crippen molar-refractivity contribution in [1.82, 2.24) is 15.1 Å². The molecular weight excluding hydrogens is 400 g/mol. The van der Waals surface area contributed by atoms with Crippen LogP contribution >= 0.6 is 0 Å². The summed E-state index contributed by atoms with van der Waals surface area (Å²) in [5.41, 5.74) is 0.677. The Kier molecular flexibility index (Phi) is 7.14. The number of ether oxygens (including phenoxy) is 1. The predicted molar refractivity (Wildman–Crippen MR) is 115 cm³/mol. The fourth-order valence-electron chi connectivity index (χ4n) is 3.92. The lowest BCUT2D eigenvalue weighted by Crippen LogP contribution is -2.55. The summed E-state index contributed by atoms with van der Waals surface area (Å²) in [7, 11) is 0. The number of carbonyl (C=O) groups is 4. The predicted octanol–water partition coefficient (Wildman–Crippen LogP) is 0.634. The van der Waals surface area contributed by atoms with E-state index in [1.165, 1.54) is 4.90 Å². The first-order valence-electron chi connectivity index (χ1n) is 10.7. The Morgan fingerprint density at radius 1 is 1.10 bits per heavy atom. The van der Waals surface area contributed by atoms with Crippen LogP contribution in [0.25, 0.3) is 0 Å². The summed E-state index contributed by atoms with van der Waals surface area (Å²) in [5, 5.41) is 2.59. The Hall–Kier alpha value is -3.10. The standard InChI is InChI=1S/C22H30N4O5/c1-4-31-18-8-6-5-7-17(18)26-14-16(13-19(26)27)21(29)24-9-11-25(12-10-24)22(30)20(28)23-15(2)3/h5-8,15-16H,4,9-14H2,1-3H3,(H,23,28). The molecular formula is C22H30N4O5. The zero-order valence-corrected chi connectivity index (χ0v) is 18.3. The molecule has 1 N–H and O–H groups in total. The summed E-state index contributed by atoms with van der Waals surface area (Å²) < 4.78 is 5.63. The first kappa shape index (κ1) is 22.6. The monoisotopic (exact) mass is 430 g/mol. The summed E-state index contributed by atoms with van der Waals surface area (Å²) in [6.07, 6.45) is 0.148. The minimum Gasteiger partial charge on any atom is -0.492 e. The minimum atomic E-state index is -0.625. The molecule has 9 heteroatoms. The van der Waals surface area contributed by atoms with Gasteiger partial charge in [-0.05, 0) is 32.9 Å². The highest BCUT2D eigenvalue weighted by atomic mass is 16.5. The molecule has 2 fully saturated rings. The topological polar surface area (TPSA) is 99.3 Å². The number of para-hydroxylation sites is 2. The van der Waals surface area contributed by atoms with E-state index in [9.17, 15) is 19.2 Å². The van der Waals surface area contributed by atoms with Crippen molar-refractivity contribution in [1.29, 1.82) is 0 Å². The molecule has 1 atom stereocenters. The molecule has 0 radical (unpaired) electrons. The van der Waals surface area contributed by atoms with Gasteiger partial charge in [-0.15, -0.1) is 0 Å². The van der Waals surface area contributed by atoms with Gasteiger partial charge < -0.3 is 24.8 Å². The second kappa shape index (κ2) is 9.80. The van der Waals surface area contributed by atoms with Gasteiger partial charge in [-0.3, -0.25) is 19.2 Å². The van der Waals surface area contributed by atoms with Gasteiger partial charge in [0.15, 0.2) is 0 Å². The lowest BCUT2D eigenvalue weighted by Gasteiger charge is -2.35. The van der Waals surface area contributed by atoms with E-state index >= 15 is 0 Å². The Morgan fingerprint density at radius 2 is 1.74 bits per heavy atom. The number of nitrogens with one attached hydrogen (secondary N) is 1. The molecule has 0 aliphatic carbocycles. The van der Waals surface area contributed by atoms with Gasteiger partial charge in [-0.1, -0.05) is 12.1 Å². The zero-order chi connectivity index (χ0) is 22.5. The Morgan fingerprint density at radius 3 is 2.39 bits per heavy atom. The summed E-state index contributed by atoms with van der Waals surface area (Å²) in [6.45, 7) is 7.55. The smallest absolute Gasteiger partial charge is 0.312 e. The maximum atomic E-state index is 13.0. The molecule has 0 bridgehead atoms. The van der Waals surface area contributed by atoms with Crippen LogP contribution in [-0.2, 0) is 19.2 Å². The first-order valence-corrected chi connectivity index (χ1v) is 10.7. The number of nitrogens with zero attached hydrogens (tertiary/aromatic N) is 3. The third-order valence-electron chi connectivity index (χ3n) is 5.42. The number of rotatable bonds is 5. The van der Waals surface area contributed by atoms with Crippen LogP contribution in [0.1, 0.15) is 27.2 Å². The maximum absolute atomic E-state index is 13.0. The Balaban J connectivity index is 1.58. The normalized spacial score (nSPS) is 19.0. The zero-order valence-electron chi connectivity index (χ0n) is 18.3. The molecule has 1 unspecified atom stereocenters. The van der Waals surface area contributed by atoms with Crippen molar-refractivity contribution in [3.8, 4) is 5.75 Å². The lowest BCUT2D eigenvalue weighted by atomic mass is 10.1. The van der Waals surface area contributed by atoms with Gasteiger partial charge in [0.05, 0.1) is 18.2 Å². The molecule has 4 amide bonds. The van der Waals surface area contributed by atoms with E-state index in [2.05, 4.69) is 5.32 Å². The Bertz CT molecular complexity index is 848. The molecule has 2 aliphatic rings. The molecule has 9 nitrogen and oxygen atoms in total. The number of hydrogen-bond donors (Lipinski definition) is 1. The number of hydrogen-bond acceptors (Lipinski definition) is 5. The quantitative estimate of drug-likeness (QED) is 0.691. The third-order valence-corrected chi connectivity index (χ3v) is 5.42. The van der Waals surface area contributed by atoms with Crippen molar-refractivity contribution in [3.05, 3.63) is 24.3 Å². The molecule has 168 valence electrons. The van der Waals surface area contributed by atoms with E-state index in [1.807, 2.05) is 31.2 Å². The van der Waals surface area contributed by atoms with E-state index in [0.717, 1.165) is 0 Å². The van der Waals surface area contributed by atoms with Crippen LogP contribution in [-0.4, -0.2) is 78.8 Å². The fraction of sp³-hybridized carbons (Fsp3) is 0.545. The highest BCUT2D eigenvalue weighted by Gasteiger charge is 2.39. The van der Waals surface area contributed by atoms with Gasteiger partial charge in [0.2, 0.25) is 11.8 Å². The Labute approximate surface area is 182 Å². The molecule has 0 aromatic heterocycles. The fourth-order valence-corrected chi connectivity index (χ4v) is 3.92. The van der Waals surface area contributed by atoms with Gasteiger partial charge in [0.25, 0.3) is 0 Å². The van der Waals surface area contributed by atoms with Gasteiger partial charge in [0.1, 0.15) is 5.75 Å². The van der Waals surface area contributed by atoms with Crippen molar-refractivity contribution in [3.63, 3.8) is 0 Å². The van der Waals surface area contributed by atoms with E-state index in [-0.39, 0.29) is 24.3 Å². The van der Waals surface area contributed by atoms with Crippen molar-refractivity contribution in [2.24, 2.45) is 5.92 Å². The minimum absolute atomic E-state index is 0.0940. The van der Waals surface area contributed by atoms with Crippen LogP contribution in [0.3, 0.4) is 0 Å². The molecule has 31 heavy (non-hydrogen) atoms. The van der Waals surface area contributed by atoms with Gasteiger partial charge in [0, 0.05) is 45.2 Å². The van der Waals surface area contributed by atoms with Crippen molar-refractivity contribution in [2.45, 2.75) is 33.2 Å². The molecule has 2 saturated heterocycles. The second-order valence-electron chi connectivity index (χ2n) is 8.05. The van der Waals surface area contributed by atoms with E-state index in [0.29, 0.717) is 50.8 Å². The van der Waals surface area contributed by atoms with Gasteiger partial charge in [-0.25, -0.2) is 0 Å². The van der Waals surface area contributed by atoms with Crippen LogP contribution in [0, 0.1) is 5.92 Å². The average Bonchev–Trinajstić information content (AvgIpc) is 3.14. The number of amides is 4. The molecule has 0 spiro atoms. The first-order chi connectivity index (χ1) is 14.8. The second-order valence-corrected chi connectivity index (χ2v) is 8.05. The van der Waals surface area contributed by atoms with E-state index in [4.69, 9.17) is 4.74 Å². The van der Waals surface area contributed by atoms with Crippen LogP contribution < -0.4 is 15.0 Å². The summed E-state index contributed by atoms with van der Waals surface area (Å²) in [4.78, 5) is 54.6. The summed E-state index contributed by atoms with van der Waals surface area (Å²) >= 11 is 0. The SMILES string of the molecule is CCOc1ccccc1N1CC(C(=O)N2CCN(C(=O)C(=O)NC(C)C)CC2)CC1=O. The van der Waals surface area contributed by atoms with Crippen molar-refractivity contribution in [2.75, 3.05) is 44.2 Å². The van der Waals surface area contributed by atoms with Gasteiger partial charge >= 0.3 is 11.8 Å². The highest BCUT2D eigenvalue weighted by molar-refractivity contribution is 6.35. The highest BCUT2D eigenvalue weighted by Crippen LogP contribution is 2.33. The number of carbonyl (C=O) groups excluding carboxylic acids is 4. The van der Waals surface area contributed by atoms with Crippen LogP contribution in [0.5, 0.6) is 5.75 Å². The molecule has 1 aromatic rings. The van der Waals surface area contributed by atoms with E-state index in [1.54, 1.807) is 23.6 Å². The lowest BCUT2D eigenvalue weighted by molar-refractivity contribution is -0.149. The van der Waals surface area contributed by atoms with Gasteiger partial charge in [-0.2, -0.15) is 0 Å². The van der Waals surface area contributed by atoms with Crippen molar-refractivity contribution >= 4 is 29.3 Å². The molecule has 3 rings (SSSR count). The van der Waals surface area contributed by atoms with Crippen molar-refractivity contribution < 1.29 is 23.9 Å². The molecule has 2 heterocycles. The summed E-state index contributed by atoms with van der Waals surface area (Å²) in [6, 6.07) is 7.20. The summed E-state index contributed by atoms with van der Waals surface area (Å²) in [5.74, 6) is -1.21. The van der Waals surface area contributed by atoms with Crippen LogP contribution in [0.2, 0.25) is 0 Å². The molecule has 0 saturated carbocycles. The number of piperazine rings is 1.